The Morgan fingerprint density at radius 1 is 0.786 bits per heavy atom. The van der Waals surface area contributed by atoms with Crippen molar-refractivity contribution in [3.8, 4) is 11.5 Å². The largest absolute Gasteiger partial charge is 0.478 e. The van der Waals surface area contributed by atoms with Gasteiger partial charge in [0.05, 0.1) is 9.79 Å². The Balaban J connectivity index is 1.48. The van der Waals surface area contributed by atoms with E-state index >= 15 is 0 Å². The number of para-hydroxylation sites is 1. The maximum atomic E-state index is 13.4. The van der Waals surface area contributed by atoms with Crippen molar-refractivity contribution < 1.29 is 32.6 Å². The molecule has 218 valence electrons. The van der Waals surface area contributed by atoms with E-state index in [9.17, 15) is 23.1 Å². The van der Waals surface area contributed by atoms with E-state index in [2.05, 4.69) is 0 Å². The summed E-state index contributed by atoms with van der Waals surface area (Å²) in [5.41, 5.74) is 1.17. The summed E-state index contributed by atoms with van der Waals surface area (Å²) in [5.74, 6) is -0.845. The first-order valence-electron chi connectivity index (χ1n) is 13.4. The lowest BCUT2D eigenvalue weighted by Gasteiger charge is -2.27. The van der Waals surface area contributed by atoms with E-state index in [-0.39, 0.29) is 26.9 Å². The van der Waals surface area contributed by atoms with Crippen LogP contribution < -0.4 is 4.74 Å². The van der Waals surface area contributed by atoms with Gasteiger partial charge in [-0.05, 0) is 80.8 Å². The van der Waals surface area contributed by atoms with E-state index in [4.69, 9.17) is 9.47 Å². The molecule has 8 nitrogen and oxygen atoms in total. The summed E-state index contributed by atoms with van der Waals surface area (Å²) >= 11 is 0. The van der Waals surface area contributed by atoms with Crippen molar-refractivity contribution in [3.05, 3.63) is 120 Å². The quantitative estimate of drug-likeness (QED) is 0.213. The zero-order valence-corrected chi connectivity index (χ0v) is 24.5. The normalized spacial score (nSPS) is 11.5. The smallest absolute Gasteiger partial charge is 0.410 e. The molecular weight excluding hydrogens is 554 g/mol. The van der Waals surface area contributed by atoms with Crippen LogP contribution in [-0.2, 0) is 27.5 Å². The van der Waals surface area contributed by atoms with Gasteiger partial charge in [0.15, 0.2) is 0 Å². The topological polar surface area (TPSA) is 110 Å². The van der Waals surface area contributed by atoms with Gasteiger partial charge in [-0.1, -0.05) is 60.7 Å². The fourth-order valence-electron chi connectivity index (χ4n) is 4.16. The molecule has 0 atom stereocenters. The van der Waals surface area contributed by atoms with E-state index in [0.717, 1.165) is 11.1 Å². The Labute approximate surface area is 246 Å². The number of hydrogen-bond donors (Lipinski definition) is 1. The van der Waals surface area contributed by atoms with Gasteiger partial charge in [0, 0.05) is 13.1 Å². The van der Waals surface area contributed by atoms with Gasteiger partial charge in [0.25, 0.3) is 0 Å². The van der Waals surface area contributed by atoms with Gasteiger partial charge in [-0.25, -0.2) is 18.0 Å². The van der Waals surface area contributed by atoms with E-state index < -0.39 is 27.5 Å². The van der Waals surface area contributed by atoms with Gasteiger partial charge >= 0.3 is 12.1 Å². The predicted octanol–water partition coefficient (Wildman–Crippen LogP) is 6.99. The summed E-state index contributed by atoms with van der Waals surface area (Å²) in [6.45, 7) is 6.23. The molecule has 0 bridgehead atoms. The third-order valence-corrected chi connectivity index (χ3v) is 8.00. The SMILES string of the molecule is CC(C)(C)OC(=O)N(CCc1ccc(S(=O)(=O)c2cccc(Oc3ccccc3C(=O)O)c2)cc1)Cc1ccccc1. The molecule has 4 aromatic carbocycles. The van der Waals surface area contributed by atoms with Crippen LogP contribution in [0.25, 0.3) is 0 Å². The highest BCUT2D eigenvalue weighted by atomic mass is 32.2. The van der Waals surface area contributed by atoms with Crippen molar-refractivity contribution in [2.24, 2.45) is 0 Å². The molecule has 4 aromatic rings. The van der Waals surface area contributed by atoms with E-state index in [1.54, 1.807) is 35.2 Å². The van der Waals surface area contributed by atoms with Gasteiger partial charge in [0.1, 0.15) is 22.7 Å². The fraction of sp³-hybridized carbons (Fsp3) is 0.212. The molecule has 0 heterocycles. The van der Waals surface area contributed by atoms with E-state index in [0.29, 0.717) is 19.5 Å². The van der Waals surface area contributed by atoms with Crippen molar-refractivity contribution >= 4 is 21.9 Å². The second-order valence-electron chi connectivity index (χ2n) is 10.7. The molecule has 0 unspecified atom stereocenters. The maximum Gasteiger partial charge on any atom is 0.410 e. The number of benzene rings is 4. The molecule has 0 aliphatic rings. The molecule has 1 amide bonds. The number of sulfone groups is 1. The monoisotopic (exact) mass is 587 g/mol. The number of nitrogens with zero attached hydrogens (tertiary/aromatic N) is 1. The molecule has 4 rings (SSSR count). The average Bonchev–Trinajstić information content (AvgIpc) is 2.95. The van der Waals surface area contributed by atoms with E-state index in [1.807, 2.05) is 51.1 Å². The van der Waals surface area contributed by atoms with Gasteiger partial charge in [0.2, 0.25) is 9.84 Å². The van der Waals surface area contributed by atoms with Crippen LogP contribution in [0.5, 0.6) is 11.5 Å². The Morgan fingerprint density at radius 2 is 1.45 bits per heavy atom. The van der Waals surface area contributed by atoms with Crippen LogP contribution >= 0.6 is 0 Å². The van der Waals surface area contributed by atoms with Crippen molar-refractivity contribution in [2.45, 2.75) is 49.1 Å². The van der Waals surface area contributed by atoms with E-state index in [1.165, 1.54) is 42.5 Å². The zero-order valence-electron chi connectivity index (χ0n) is 23.7. The summed E-state index contributed by atoms with van der Waals surface area (Å²) in [5, 5.41) is 9.40. The van der Waals surface area contributed by atoms with Crippen molar-refractivity contribution in [3.63, 3.8) is 0 Å². The second-order valence-corrected chi connectivity index (χ2v) is 12.6. The molecular formula is C33H33NO7S. The lowest BCUT2D eigenvalue weighted by Crippen LogP contribution is -2.37. The molecule has 0 saturated carbocycles. The highest BCUT2D eigenvalue weighted by Crippen LogP contribution is 2.29. The number of rotatable bonds is 10. The minimum Gasteiger partial charge on any atom is -0.478 e. The number of carboxylic acid groups (broad SMARTS) is 1. The summed E-state index contributed by atoms with van der Waals surface area (Å²) < 4.78 is 38.1. The third-order valence-electron chi connectivity index (χ3n) is 6.23. The van der Waals surface area contributed by atoms with Crippen LogP contribution in [-0.4, -0.2) is 42.6 Å². The molecule has 9 heteroatoms. The molecule has 1 N–H and O–H groups in total. The minimum absolute atomic E-state index is 0.0134. The average molecular weight is 588 g/mol. The first kappa shape index (κ1) is 30.3. The Kier molecular flexibility index (Phi) is 9.32. The summed E-state index contributed by atoms with van der Waals surface area (Å²) in [6.07, 6.45) is 0.0808. The van der Waals surface area contributed by atoms with Gasteiger partial charge in [-0.15, -0.1) is 0 Å². The molecule has 0 aromatic heterocycles. The van der Waals surface area contributed by atoms with Crippen LogP contribution in [0.2, 0.25) is 0 Å². The number of carboxylic acids is 1. The molecule has 0 saturated heterocycles. The van der Waals surface area contributed by atoms with Crippen molar-refractivity contribution in [1.82, 2.24) is 4.90 Å². The number of aromatic carboxylic acids is 1. The first-order chi connectivity index (χ1) is 19.9. The minimum atomic E-state index is -3.88. The number of hydrogen-bond acceptors (Lipinski definition) is 6. The molecule has 0 aliphatic carbocycles. The van der Waals surface area contributed by atoms with Gasteiger partial charge in [-0.3, -0.25) is 0 Å². The van der Waals surface area contributed by atoms with Crippen molar-refractivity contribution in [1.29, 1.82) is 0 Å². The number of carbonyl (C=O) groups is 2. The maximum absolute atomic E-state index is 13.4. The zero-order chi connectivity index (χ0) is 30.3. The lowest BCUT2D eigenvalue weighted by molar-refractivity contribution is 0.0235. The molecule has 42 heavy (non-hydrogen) atoms. The van der Waals surface area contributed by atoms with Crippen molar-refractivity contribution in [2.75, 3.05) is 6.54 Å². The van der Waals surface area contributed by atoms with Gasteiger partial charge in [-0.2, -0.15) is 0 Å². The summed E-state index contributed by atoms with van der Waals surface area (Å²) in [7, 11) is -3.88. The fourth-order valence-corrected chi connectivity index (χ4v) is 5.46. The lowest BCUT2D eigenvalue weighted by atomic mass is 10.1. The molecule has 0 fully saturated rings. The standard InChI is InChI=1S/C33H33NO7S/c1-33(2,3)41-32(37)34(23-25-10-5-4-6-11-25)21-20-24-16-18-27(19-17-24)42(38,39)28-13-9-12-26(22-28)40-30-15-8-7-14-29(30)31(35)36/h4-19,22H,20-21,23H2,1-3H3,(H,35,36). The summed E-state index contributed by atoms with van der Waals surface area (Å²) in [6, 6.07) is 28.2. The van der Waals surface area contributed by atoms with Crippen LogP contribution in [0.3, 0.4) is 0 Å². The van der Waals surface area contributed by atoms with Crippen LogP contribution in [0, 0.1) is 0 Å². The number of carbonyl (C=O) groups excluding carboxylic acids is 1. The highest BCUT2D eigenvalue weighted by molar-refractivity contribution is 7.91. The van der Waals surface area contributed by atoms with Crippen LogP contribution in [0.15, 0.2) is 113 Å². The molecule has 0 radical (unpaired) electrons. The number of ether oxygens (including phenoxy) is 2. The Morgan fingerprint density at radius 3 is 2.12 bits per heavy atom. The number of amides is 1. The predicted molar refractivity (Wildman–Crippen MR) is 159 cm³/mol. The van der Waals surface area contributed by atoms with Gasteiger partial charge < -0.3 is 19.5 Å². The van der Waals surface area contributed by atoms with Crippen LogP contribution in [0.4, 0.5) is 4.79 Å². The highest BCUT2D eigenvalue weighted by Gasteiger charge is 2.23. The third kappa shape index (κ3) is 7.98. The second kappa shape index (κ2) is 12.9. The first-order valence-corrected chi connectivity index (χ1v) is 14.9. The molecule has 0 aliphatic heterocycles. The molecule has 0 spiro atoms. The Hall–Kier alpha value is -4.63. The summed E-state index contributed by atoms with van der Waals surface area (Å²) in [4.78, 5) is 26.2. The Bertz CT molecular complexity index is 1640. The van der Waals surface area contributed by atoms with Crippen LogP contribution in [0.1, 0.15) is 42.3 Å².